The van der Waals surface area contributed by atoms with Gasteiger partial charge in [-0.05, 0) is 44.0 Å². The number of fused-ring (bicyclic) bond motifs is 1. The molecule has 1 fully saturated rings. The van der Waals surface area contributed by atoms with Gasteiger partial charge >= 0.3 is 5.97 Å². The summed E-state index contributed by atoms with van der Waals surface area (Å²) in [6, 6.07) is 5.18. The smallest absolute Gasteiger partial charge is 0.309 e. The summed E-state index contributed by atoms with van der Waals surface area (Å²) in [7, 11) is 0. The number of benzene rings is 1. The van der Waals surface area contributed by atoms with E-state index in [0.29, 0.717) is 38.2 Å². The predicted octanol–water partition coefficient (Wildman–Crippen LogP) is 1.75. The van der Waals surface area contributed by atoms with E-state index in [1.54, 1.807) is 6.92 Å². The summed E-state index contributed by atoms with van der Waals surface area (Å²) in [6.45, 7) is 3.05. The van der Waals surface area contributed by atoms with Gasteiger partial charge in [-0.15, -0.1) is 0 Å². The van der Waals surface area contributed by atoms with Crippen LogP contribution in [-0.4, -0.2) is 47.4 Å². The molecular formula is C22H24FN5O5. The summed E-state index contributed by atoms with van der Waals surface area (Å²) < 4.78 is 18.2. The second-order valence-electron chi connectivity index (χ2n) is 7.97. The summed E-state index contributed by atoms with van der Waals surface area (Å²) in [5.41, 5.74) is -0.111. The second-order valence-corrected chi connectivity index (χ2v) is 7.97. The van der Waals surface area contributed by atoms with Crippen LogP contribution in [-0.2, 0) is 19.1 Å². The van der Waals surface area contributed by atoms with E-state index in [9.17, 15) is 23.6 Å². The van der Waals surface area contributed by atoms with Crippen molar-refractivity contribution in [3.63, 3.8) is 0 Å². The summed E-state index contributed by atoms with van der Waals surface area (Å²) in [5.74, 6) is -2.62. The third-order valence-electron chi connectivity index (χ3n) is 5.78. The number of halogens is 1. The lowest BCUT2D eigenvalue weighted by Crippen LogP contribution is -2.41. The van der Waals surface area contributed by atoms with Crippen LogP contribution in [0.4, 0.5) is 21.8 Å². The van der Waals surface area contributed by atoms with Crippen LogP contribution in [0, 0.1) is 11.7 Å². The molecule has 1 saturated heterocycles. The van der Waals surface area contributed by atoms with Gasteiger partial charge in [0.15, 0.2) is 0 Å². The van der Waals surface area contributed by atoms with Crippen LogP contribution in [0.2, 0.25) is 0 Å². The molecular weight excluding hydrogens is 433 g/mol. The summed E-state index contributed by atoms with van der Waals surface area (Å²) >= 11 is 0. The number of nitrogens with zero attached hydrogens (tertiary/aromatic N) is 2. The fourth-order valence-electron chi connectivity index (χ4n) is 4.08. The van der Waals surface area contributed by atoms with Crippen molar-refractivity contribution in [1.29, 1.82) is 0 Å². The van der Waals surface area contributed by atoms with Gasteiger partial charge in [0.25, 0.3) is 5.56 Å². The third-order valence-corrected chi connectivity index (χ3v) is 5.78. The van der Waals surface area contributed by atoms with Crippen molar-refractivity contribution in [2.24, 2.45) is 5.92 Å². The Bertz CT molecular complexity index is 1120. The highest BCUT2D eigenvalue weighted by molar-refractivity contribution is 6.04. The average Bonchev–Trinajstić information content (AvgIpc) is 2.80. The number of anilines is 3. The monoisotopic (exact) mass is 457 g/mol. The van der Waals surface area contributed by atoms with Crippen molar-refractivity contribution < 1.29 is 23.5 Å². The largest absolute Gasteiger partial charge is 0.466 e. The topological polar surface area (TPSA) is 133 Å². The molecule has 0 aliphatic carbocycles. The Morgan fingerprint density at radius 1 is 1.21 bits per heavy atom. The first kappa shape index (κ1) is 22.4. The zero-order chi connectivity index (χ0) is 23.5. The molecule has 2 amide bonds. The number of rotatable bonds is 5. The minimum absolute atomic E-state index is 0.0387. The number of carbonyl (C=O) groups is 3. The van der Waals surface area contributed by atoms with Crippen molar-refractivity contribution >= 4 is 35.2 Å². The number of H-pyrrole nitrogens is 1. The first-order valence-electron chi connectivity index (χ1n) is 10.8. The quantitative estimate of drug-likeness (QED) is 0.583. The maximum atomic E-state index is 13.1. The minimum atomic E-state index is -1.04. The zero-order valence-corrected chi connectivity index (χ0v) is 18.0. The van der Waals surface area contributed by atoms with Gasteiger partial charge in [-0.1, -0.05) is 0 Å². The predicted molar refractivity (Wildman–Crippen MR) is 117 cm³/mol. The third kappa shape index (κ3) is 4.86. The molecule has 174 valence electrons. The summed E-state index contributed by atoms with van der Waals surface area (Å²) in [4.78, 5) is 58.9. The fraction of sp³-hybridized carbons (Fsp3) is 0.409. The summed E-state index contributed by atoms with van der Waals surface area (Å²) in [6.07, 6.45) is 0.887. The Hall–Kier alpha value is -3.76. The van der Waals surface area contributed by atoms with Crippen molar-refractivity contribution in [1.82, 2.24) is 9.97 Å². The van der Waals surface area contributed by atoms with Crippen LogP contribution in [0.15, 0.2) is 29.1 Å². The molecule has 0 saturated carbocycles. The number of hydrogen-bond acceptors (Lipinski definition) is 7. The van der Waals surface area contributed by atoms with E-state index in [4.69, 9.17) is 4.74 Å². The number of esters is 1. The maximum Gasteiger partial charge on any atom is 0.309 e. The van der Waals surface area contributed by atoms with Gasteiger partial charge in [0, 0.05) is 25.2 Å². The van der Waals surface area contributed by atoms with E-state index in [-0.39, 0.29) is 35.6 Å². The molecule has 2 aliphatic rings. The van der Waals surface area contributed by atoms with Gasteiger partial charge in [0.2, 0.25) is 17.8 Å². The van der Waals surface area contributed by atoms with Gasteiger partial charge < -0.3 is 20.3 Å². The SMILES string of the molecule is CCOC(=O)C1CCN(c2nc3c(c(=O)[nH]2)[C@H](C(=O)Nc2ccc(F)cc2)CC(=O)N3)CC1. The van der Waals surface area contributed by atoms with E-state index in [2.05, 4.69) is 20.6 Å². The lowest BCUT2D eigenvalue weighted by Gasteiger charge is -2.32. The number of amides is 2. The van der Waals surface area contributed by atoms with Crippen molar-refractivity contribution in [2.75, 3.05) is 35.2 Å². The minimum Gasteiger partial charge on any atom is -0.466 e. The molecule has 1 aromatic carbocycles. The average molecular weight is 457 g/mol. The number of hydrogen-bond donors (Lipinski definition) is 3. The first-order chi connectivity index (χ1) is 15.9. The molecule has 3 N–H and O–H groups in total. The van der Waals surface area contributed by atoms with E-state index in [1.165, 1.54) is 24.3 Å². The lowest BCUT2D eigenvalue weighted by molar-refractivity contribution is -0.148. The standard InChI is InChI=1S/C22H24FN5O5/c1-2-33-21(32)12-7-9-28(10-8-12)22-26-18-17(20(31)27-22)15(11-16(29)25-18)19(30)24-14-5-3-13(23)4-6-14/h3-6,12,15H,2,7-11H2,1H3,(H,24,30)(H2,25,26,27,29,31)/t15-/m1/s1. The molecule has 10 nitrogen and oxygen atoms in total. The second kappa shape index (κ2) is 9.39. The highest BCUT2D eigenvalue weighted by atomic mass is 19.1. The first-order valence-corrected chi connectivity index (χ1v) is 10.8. The van der Waals surface area contributed by atoms with Crippen LogP contribution >= 0.6 is 0 Å². The molecule has 0 bridgehead atoms. The lowest BCUT2D eigenvalue weighted by atomic mass is 9.92. The molecule has 0 spiro atoms. The van der Waals surface area contributed by atoms with E-state index < -0.39 is 29.1 Å². The van der Waals surface area contributed by atoms with Crippen LogP contribution in [0.1, 0.15) is 37.7 Å². The Morgan fingerprint density at radius 2 is 1.91 bits per heavy atom. The Labute approximate surface area is 188 Å². The highest BCUT2D eigenvalue weighted by Crippen LogP contribution is 2.31. The van der Waals surface area contributed by atoms with Crippen LogP contribution in [0.25, 0.3) is 0 Å². The molecule has 2 aliphatic heterocycles. The highest BCUT2D eigenvalue weighted by Gasteiger charge is 2.36. The zero-order valence-electron chi connectivity index (χ0n) is 18.0. The number of carbonyl (C=O) groups excluding carboxylic acids is 3. The number of aromatic nitrogens is 2. The molecule has 11 heteroatoms. The molecule has 2 aromatic rings. The van der Waals surface area contributed by atoms with E-state index in [1.807, 2.05) is 4.90 Å². The molecule has 3 heterocycles. The van der Waals surface area contributed by atoms with Gasteiger partial charge in [0.05, 0.1) is 24.0 Å². The number of aromatic amines is 1. The molecule has 0 radical (unpaired) electrons. The Kier molecular flexibility index (Phi) is 6.38. The number of ether oxygens (including phenoxy) is 1. The van der Waals surface area contributed by atoms with Gasteiger partial charge in [0.1, 0.15) is 11.6 Å². The molecule has 33 heavy (non-hydrogen) atoms. The number of nitrogens with one attached hydrogen (secondary N) is 3. The van der Waals surface area contributed by atoms with Gasteiger partial charge in [-0.3, -0.25) is 24.2 Å². The Balaban J connectivity index is 1.53. The number of piperidine rings is 1. The Morgan fingerprint density at radius 3 is 2.58 bits per heavy atom. The molecule has 1 aromatic heterocycles. The van der Waals surface area contributed by atoms with Crippen molar-refractivity contribution in [2.45, 2.75) is 32.1 Å². The van der Waals surface area contributed by atoms with Crippen LogP contribution in [0.3, 0.4) is 0 Å². The van der Waals surface area contributed by atoms with Gasteiger partial charge in [-0.25, -0.2) is 4.39 Å². The van der Waals surface area contributed by atoms with Crippen LogP contribution < -0.4 is 21.1 Å². The van der Waals surface area contributed by atoms with Gasteiger partial charge in [-0.2, -0.15) is 4.98 Å². The fourth-order valence-corrected chi connectivity index (χ4v) is 4.08. The van der Waals surface area contributed by atoms with Crippen molar-refractivity contribution in [3.05, 3.63) is 46.0 Å². The van der Waals surface area contributed by atoms with Crippen molar-refractivity contribution in [3.8, 4) is 0 Å². The summed E-state index contributed by atoms with van der Waals surface area (Å²) in [5, 5.41) is 5.19. The molecule has 0 unspecified atom stereocenters. The molecule has 1 atom stereocenters. The maximum absolute atomic E-state index is 13.1. The molecule has 4 rings (SSSR count). The van der Waals surface area contributed by atoms with E-state index >= 15 is 0 Å². The normalized spacial score (nSPS) is 18.3. The van der Waals surface area contributed by atoms with E-state index in [0.717, 1.165) is 0 Å². The van der Waals surface area contributed by atoms with Crippen LogP contribution in [0.5, 0.6) is 0 Å².